The Morgan fingerprint density at radius 3 is 1.96 bits per heavy atom. The highest BCUT2D eigenvalue weighted by molar-refractivity contribution is 6.20. The van der Waals surface area contributed by atoms with Crippen LogP contribution in [-0.4, -0.2) is 0 Å². The maximum absolute atomic E-state index is 8.93. The van der Waals surface area contributed by atoms with Crippen molar-refractivity contribution in [3.05, 3.63) is 108 Å². The summed E-state index contributed by atoms with van der Waals surface area (Å²) in [6, 6.07) is 33.8. The van der Waals surface area contributed by atoms with Gasteiger partial charge in [-0.3, -0.25) is 0 Å². The quantitative estimate of drug-likeness (QED) is 0.243. The molecule has 1 nitrogen and oxygen atoms in total. The molecule has 130 valence electrons. The van der Waals surface area contributed by atoms with E-state index in [1.54, 1.807) is 0 Å². The molecule has 28 heavy (non-hydrogen) atoms. The number of hydrogen-bond acceptors (Lipinski definition) is 1. The highest BCUT2D eigenvalue weighted by atomic mass is 14.2. The highest BCUT2D eigenvalue weighted by Gasteiger charge is 2.05. The fraction of sp³-hybridized carbons (Fsp3) is 0. The zero-order valence-corrected chi connectivity index (χ0v) is 15.3. The number of benzene rings is 5. The van der Waals surface area contributed by atoms with Gasteiger partial charge in [-0.1, -0.05) is 84.9 Å². The van der Waals surface area contributed by atoms with Crippen LogP contribution in [0.1, 0.15) is 16.7 Å². The van der Waals surface area contributed by atoms with Gasteiger partial charge in [0.05, 0.1) is 11.6 Å². The zero-order valence-electron chi connectivity index (χ0n) is 15.3. The number of fused-ring (bicyclic) bond motifs is 5. The Labute approximate surface area is 163 Å². The Kier molecular flexibility index (Phi) is 3.89. The van der Waals surface area contributed by atoms with Gasteiger partial charge in [0, 0.05) is 0 Å². The predicted molar refractivity (Wildman–Crippen MR) is 119 cm³/mol. The van der Waals surface area contributed by atoms with E-state index in [-0.39, 0.29) is 0 Å². The van der Waals surface area contributed by atoms with Gasteiger partial charge in [0.1, 0.15) is 0 Å². The van der Waals surface area contributed by atoms with Crippen LogP contribution in [0.25, 0.3) is 44.5 Å². The lowest BCUT2D eigenvalue weighted by atomic mass is 9.95. The molecule has 0 bridgehead atoms. The summed E-state index contributed by atoms with van der Waals surface area (Å²) < 4.78 is 0. The van der Waals surface area contributed by atoms with E-state index in [0.717, 1.165) is 11.1 Å². The molecule has 0 aliphatic rings. The van der Waals surface area contributed by atoms with Gasteiger partial charge in [-0.25, -0.2) is 0 Å². The van der Waals surface area contributed by atoms with Crippen molar-refractivity contribution in [2.45, 2.75) is 0 Å². The molecule has 0 saturated heterocycles. The number of nitriles is 1. The molecule has 0 heterocycles. The van der Waals surface area contributed by atoms with E-state index in [1.165, 1.54) is 32.3 Å². The molecule has 0 atom stereocenters. The molecule has 0 amide bonds. The Balaban J connectivity index is 1.67. The van der Waals surface area contributed by atoms with Crippen LogP contribution in [0.5, 0.6) is 0 Å². The lowest BCUT2D eigenvalue weighted by Crippen LogP contribution is -1.82. The minimum Gasteiger partial charge on any atom is -0.192 e. The van der Waals surface area contributed by atoms with Crippen molar-refractivity contribution in [3.63, 3.8) is 0 Å². The molecule has 0 radical (unpaired) electrons. The van der Waals surface area contributed by atoms with E-state index >= 15 is 0 Å². The lowest BCUT2D eigenvalue weighted by molar-refractivity contribution is 1.48. The van der Waals surface area contributed by atoms with Crippen LogP contribution in [0.4, 0.5) is 0 Å². The van der Waals surface area contributed by atoms with Crippen molar-refractivity contribution in [2.24, 2.45) is 0 Å². The van der Waals surface area contributed by atoms with E-state index < -0.39 is 0 Å². The summed E-state index contributed by atoms with van der Waals surface area (Å²) in [5.74, 6) is 0. The second kappa shape index (κ2) is 6.68. The molecule has 0 aliphatic heterocycles. The van der Waals surface area contributed by atoms with Crippen LogP contribution in [0.15, 0.2) is 91.0 Å². The van der Waals surface area contributed by atoms with Crippen molar-refractivity contribution in [1.29, 1.82) is 5.26 Å². The first-order valence-electron chi connectivity index (χ1n) is 9.34. The topological polar surface area (TPSA) is 23.8 Å². The Hall–Kier alpha value is -3.89. The molecular weight excluding hydrogens is 338 g/mol. The van der Waals surface area contributed by atoms with Gasteiger partial charge in [0.25, 0.3) is 0 Å². The third-order valence-electron chi connectivity index (χ3n) is 5.26. The molecule has 1 heteroatoms. The van der Waals surface area contributed by atoms with Crippen molar-refractivity contribution in [1.82, 2.24) is 0 Å². The monoisotopic (exact) mass is 355 g/mol. The molecule has 5 aromatic carbocycles. The molecule has 0 saturated carbocycles. The van der Waals surface area contributed by atoms with Gasteiger partial charge in [-0.2, -0.15) is 5.26 Å². The second-order valence-corrected chi connectivity index (χ2v) is 7.00. The summed E-state index contributed by atoms with van der Waals surface area (Å²) in [7, 11) is 0. The Morgan fingerprint density at radius 2 is 1.18 bits per heavy atom. The lowest BCUT2D eigenvalue weighted by Gasteiger charge is -2.09. The molecule has 0 N–H and O–H groups in total. The maximum Gasteiger partial charge on any atom is 0.0991 e. The molecule has 0 fully saturated rings. The number of rotatable bonds is 2. The van der Waals surface area contributed by atoms with Crippen molar-refractivity contribution in [2.75, 3.05) is 0 Å². The van der Waals surface area contributed by atoms with E-state index in [9.17, 15) is 0 Å². The van der Waals surface area contributed by atoms with Crippen molar-refractivity contribution < 1.29 is 0 Å². The average molecular weight is 355 g/mol. The summed E-state index contributed by atoms with van der Waals surface area (Å²) in [4.78, 5) is 0. The van der Waals surface area contributed by atoms with Crippen molar-refractivity contribution in [3.8, 4) is 6.07 Å². The molecule has 5 rings (SSSR count). The third kappa shape index (κ3) is 2.82. The van der Waals surface area contributed by atoms with Crippen LogP contribution >= 0.6 is 0 Å². The largest absolute Gasteiger partial charge is 0.192 e. The SMILES string of the molecule is N#Cc1ccc(/C=C/c2ccc3ccc4ccc5ccccc5c4c3c2)cc1. The number of hydrogen-bond donors (Lipinski definition) is 0. The smallest absolute Gasteiger partial charge is 0.0991 e. The standard InChI is InChI=1S/C27H17N/c28-18-21-9-6-19(7-10-21)5-8-20-11-12-23-14-16-24-15-13-22-3-1-2-4-25(22)27(24)26(23)17-20/h1-17H/b8-5+. The summed E-state index contributed by atoms with van der Waals surface area (Å²) >= 11 is 0. The third-order valence-corrected chi connectivity index (χ3v) is 5.26. The molecule has 0 aliphatic carbocycles. The normalized spacial score (nSPS) is 11.4. The summed E-state index contributed by atoms with van der Waals surface area (Å²) in [5.41, 5.74) is 2.93. The fourth-order valence-corrected chi connectivity index (χ4v) is 3.81. The van der Waals surface area contributed by atoms with Gasteiger partial charge in [-0.15, -0.1) is 0 Å². The second-order valence-electron chi connectivity index (χ2n) is 7.00. The maximum atomic E-state index is 8.93. The van der Waals surface area contributed by atoms with Gasteiger partial charge in [-0.05, 0) is 61.6 Å². The van der Waals surface area contributed by atoms with Crippen LogP contribution < -0.4 is 0 Å². The van der Waals surface area contributed by atoms with E-state index in [2.05, 4.69) is 85.0 Å². The summed E-state index contributed by atoms with van der Waals surface area (Å²) in [6.07, 6.45) is 4.22. The number of nitrogens with zero attached hydrogens (tertiary/aromatic N) is 1. The zero-order chi connectivity index (χ0) is 18.9. The fourth-order valence-electron chi connectivity index (χ4n) is 3.81. The summed E-state index contributed by atoms with van der Waals surface area (Å²) in [6.45, 7) is 0. The minimum absolute atomic E-state index is 0.682. The Morgan fingerprint density at radius 1 is 0.571 bits per heavy atom. The first kappa shape index (κ1) is 16.3. The predicted octanol–water partition coefficient (Wildman–Crippen LogP) is 7.19. The van der Waals surface area contributed by atoms with E-state index in [0.29, 0.717) is 5.56 Å². The van der Waals surface area contributed by atoms with Crippen molar-refractivity contribution >= 4 is 44.5 Å². The Bertz CT molecular complexity index is 1390. The van der Waals surface area contributed by atoms with E-state index in [4.69, 9.17) is 5.26 Å². The van der Waals surface area contributed by atoms with Crippen LogP contribution in [-0.2, 0) is 0 Å². The van der Waals surface area contributed by atoms with Gasteiger partial charge >= 0.3 is 0 Å². The molecule has 0 aromatic heterocycles. The van der Waals surface area contributed by atoms with Gasteiger partial charge < -0.3 is 0 Å². The highest BCUT2D eigenvalue weighted by Crippen LogP contribution is 2.32. The molecule has 0 spiro atoms. The van der Waals surface area contributed by atoms with Gasteiger partial charge in [0.15, 0.2) is 0 Å². The first-order valence-corrected chi connectivity index (χ1v) is 9.34. The summed E-state index contributed by atoms with van der Waals surface area (Å²) in [5, 5.41) is 16.6. The molecule has 0 unspecified atom stereocenters. The van der Waals surface area contributed by atoms with Crippen LogP contribution in [0, 0.1) is 11.3 Å². The average Bonchev–Trinajstić information content (AvgIpc) is 2.77. The van der Waals surface area contributed by atoms with Gasteiger partial charge in [0.2, 0.25) is 0 Å². The first-order chi connectivity index (χ1) is 13.8. The molecule has 5 aromatic rings. The minimum atomic E-state index is 0.682. The van der Waals surface area contributed by atoms with Crippen LogP contribution in [0.2, 0.25) is 0 Å². The molecular formula is C27H17N. The van der Waals surface area contributed by atoms with E-state index in [1.807, 2.05) is 24.3 Å². The van der Waals surface area contributed by atoms with Crippen LogP contribution in [0.3, 0.4) is 0 Å².